The molecule has 1 rings (SSSR count). The average molecular weight is 269 g/mol. The molecule has 1 nitrogen and oxygen atoms in total. The molecule has 3 heteroatoms. The van der Waals surface area contributed by atoms with Crippen molar-refractivity contribution < 1.29 is 0 Å². The van der Waals surface area contributed by atoms with E-state index in [1.807, 2.05) is 29.1 Å². The van der Waals surface area contributed by atoms with Gasteiger partial charge in [-0.05, 0) is 29.3 Å². The summed E-state index contributed by atoms with van der Waals surface area (Å²) >= 11 is 0. The summed E-state index contributed by atoms with van der Waals surface area (Å²) in [6, 6.07) is 6.08. The first-order valence-corrected chi connectivity index (χ1v) is 8.96. The topological polar surface area (TPSA) is 12.9 Å². The monoisotopic (exact) mass is 269 g/mol. The lowest BCUT2D eigenvalue weighted by molar-refractivity contribution is 0.604. The van der Waals surface area contributed by atoms with Crippen molar-refractivity contribution in [1.29, 1.82) is 0 Å². The van der Waals surface area contributed by atoms with Crippen LogP contribution >= 0.6 is 21.6 Å². The molecule has 0 aliphatic heterocycles. The van der Waals surface area contributed by atoms with E-state index in [0.29, 0.717) is 0 Å². The molecule has 0 unspecified atom stereocenters. The van der Waals surface area contributed by atoms with Gasteiger partial charge in [-0.1, -0.05) is 62.3 Å². The minimum absolute atomic E-state index is 1.13. The molecule has 17 heavy (non-hydrogen) atoms. The van der Waals surface area contributed by atoms with E-state index in [1.54, 1.807) is 10.8 Å². The molecule has 0 amide bonds. The van der Waals surface area contributed by atoms with Crippen LogP contribution in [0.5, 0.6) is 0 Å². The summed E-state index contributed by atoms with van der Waals surface area (Å²) in [6.45, 7) is 2.27. The largest absolute Gasteiger partial charge is 0.249 e. The summed E-state index contributed by atoms with van der Waals surface area (Å²) in [5, 5.41) is 1.13. The Kier molecular flexibility index (Phi) is 9.62. The van der Waals surface area contributed by atoms with Crippen molar-refractivity contribution in [2.24, 2.45) is 0 Å². The van der Waals surface area contributed by atoms with Crippen LogP contribution in [0.25, 0.3) is 0 Å². The van der Waals surface area contributed by atoms with E-state index in [9.17, 15) is 0 Å². The minimum Gasteiger partial charge on any atom is -0.249 e. The molecule has 0 saturated heterocycles. The highest BCUT2D eigenvalue weighted by molar-refractivity contribution is 8.76. The fraction of sp³-hybridized carbons (Fsp3) is 0.643. The van der Waals surface area contributed by atoms with Crippen molar-refractivity contribution in [2.75, 3.05) is 5.75 Å². The van der Waals surface area contributed by atoms with Gasteiger partial charge in [0.05, 0.1) is 0 Å². The number of rotatable bonds is 10. The highest BCUT2D eigenvalue weighted by Gasteiger charge is 1.95. The number of unbranched alkanes of at least 4 members (excludes halogenated alkanes) is 6. The average Bonchev–Trinajstić information content (AvgIpc) is 2.38. The molecular formula is C14H23NS2. The second-order valence-corrected chi connectivity index (χ2v) is 6.63. The van der Waals surface area contributed by atoms with Gasteiger partial charge in [-0.3, -0.25) is 0 Å². The highest BCUT2D eigenvalue weighted by atomic mass is 33.1. The zero-order chi connectivity index (χ0) is 12.2. The zero-order valence-corrected chi connectivity index (χ0v) is 12.4. The Morgan fingerprint density at radius 1 is 1.00 bits per heavy atom. The third-order valence-electron chi connectivity index (χ3n) is 2.61. The number of nitrogens with zero attached hydrogens (tertiary/aromatic N) is 1. The van der Waals surface area contributed by atoms with Crippen LogP contribution in [0.1, 0.15) is 51.9 Å². The summed E-state index contributed by atoms with van der Waals surface area (Å²) in [5.74, 6) is 1.25. The molecule has 96 valence electrons. The first-order valence-electron chi connectivity index (χ1n) is 6.64. The molecule has 0 bridgehead atoms. The van der Waals surface area contributed by atoms with Crippen molar-refractivity contribution in [3.63, 3.8) is 0 Å². The predicted molar refractivity (Wildman–Crippen MR) is 80.5 cm³/mol. The Morgan fingerprint density at radius 2 is 1.76 bits per heavy atom. The third kappa shape index (κ3) is 8.56. The summed E-state index contributed by atoms with van der Waals surface area (Å²) in [5.41, 5.74) is 0. The molecule has 0 saturated carbocycles. The minimum atomic E-state index is 1.13. The maximum absolute atomic E-state index is 4.29. The van der Waals surface area contributed by atoms with Crippen LogP contribution in [0, 0.1) is 0 Å². The van der Waals surface area contributed by atoms with Gasteiger partial charge in [-0.25, -0.2) is 4.98 Å². The van der Waals surface area contributed by atoms with Gasteiger partial charge in [0.1, 0.15) is 5.03 Å². The van der Waals surface area contributed by atoms with Gasteiger partial charge >= 0.3 is 0 Å². The van der Waals surface area contributed by atoms with Crippen LogP contribution in [0.2, 0.25) is 0 Å². The Morgan fingerprint density at radius 3 is 2.47 bits per heavy atom. The molecule has 0 aliphatic rings. The van der Waals surface area contributed by atoms with E-state index in [0.717, 1.165) is 5.03 Å². The third-order valence-corrected chi connectivity index (χ3v) is 4.96. The lowest BCUT2D eigenvalue weighted by Crippen LogP contribution is -1.82. The standard InChI is InChI=1S/C14H23NS2/c1-2-3-4-5-6-7-10-13-16-17-14-11-8-9-12-15-14/h8-9,11-12H,2-7,10,13H2,1H3. The van der Waals surface area contributed by atoms with E-state index in [-0.39, 0.29) is 0 Å². The first-order chi connectivity index (χ1) is 8.43. The van der Waals surface area contributed by atoms with Gasteiger partial charge in [0.15, 0.2) is 0 Å². The van der Waals surface area contributed by atoms with Crippen LogP contribution in [-0.4, -0.2) is 10.7 Å². The number of hydrogen-bond donors (Lipinski definition) is 0. The summed E-state index contributed by atoms with van der Waals surface area (Å²) in [7, 11) is 3.73. The molecule has 0 fully saturated rings. The van der Waals surface area contributed by atoms with Crippen molar-refractivity contribution >= 4 is 21.6 Å². The van der Waals surface area contributed by atoms with Gasteiger partial charge in [-0.15, -0.1) is 0 Å². The quantitative estimate of drug-likeness (QED) is 0.407. The maximum atomic E-state index is 4.29. The molecule has 0 atom stereocenters. The van der Waals surface area contributed by atoms with Crippen LogP contribution in [0.3, 0.4) is 0 Å². The first kappa shape index (κ1) is 14.9. The predicted octanol–water partition coefficient (Wildman–Crippen LogP) is 5.57. The van der Waals surface area contributed by atoms with Gasteiger partial charge in [0.2, 0.25) is 0 Å². The summed E-state index contributed by atoms with van der Waals surface area (Å²) in [4.78, 5) is 4.29. The molecule has 0 spiro atoms. The molecule has 1 aromatic rings. The van der Waals surface area contributed by atoms with Gasteiger partial charge in [0, 0.05) is 11.9 Å². The maximum Gasteiger partial charge on any atom is 0.106 e. The number of hydrogen-bond acceptors (Lipinski definition) is 3. The van der Waals surface area contributed by atoms with Gasteiger partial charge in [-0.2, -0.15) is 0 Å². The Labute approximate surface area is 114 Å². The number of aromatic nitrogens is 1. The summed E-state index contributed by atoms with van der Waals surface area (Å²) in [6.07, 6.45) is 11.6. The van der Waals surface area contributed by atoms with E-state index in [1.165, 1.54) is 50.7 Å². The van der Waals surface area contributed by atoms with E-state index in [4.69, 9.17) is 0 Å². The molecular weight excluding hydrogens is 246 g/mol. The van der Waals surface area contributed by atoms with E-state index < -0.39 is 0 Å². The SMILES string of the molecule is CCCCCCCCCSSc1ccccn1. The second kappa shape index (κ2) is 11.0. The molecule has 1 heterocycles. The van der Waals surface area contributed by atoms with Crippen molar-refractivity contribution in [3.05, 3.63) is 24.4 Å². The van der Waals surface area contributed by atoms with Crippen molar-refractivity contribution in [2.45, 2.75) is 56.9 Å². The van der Waals surface area contributed by atoms with Gasteiger partial charge < -0.3 is 0 Å². The van der Waals surface area contributed by atoms with Gasteiger partial charge in [0.25, 0.3) is 0 Å². The van der Waals surface area contributed by atoms with Crippen LogP contribution in [0.15, 0.2) is 29.4 Å². The van der Waals surface area contributed by atoms with Crippen LogP contribution in [0.4, 0.5) is 0 Å². The smallest absolute Gasteiger partial charge is 0.106 e. The molecule has 0 radical (unpaired) electrons. The fourth-order valence-corrected chi connectivity index (χ4v) is 3.64. The Hall–Kier alpha value is -0.150. The van der Waals surface area contributed by atoms with E-state index in [2.05, 4.69) is 18.0 Å². The van der Waals surface area contributed by atoms with Crippen molar-refractivity contribution in [1.82, 2.24) is 4.98 Å². The fourth-order valence-electron chi connectivity index (χ4n) is 1.62. The zero-order valence-electron chi connectivity index (χ0n) is 10.7. The van der Waals surface area contributed by atoms with E-state index >= 15 is 0 Å². The molecule has 1 aromatic heterocycles. The normalized spacial score (nSPS) is 10.6. The Balaban J connectivity index is 1.85. The second-order valence-electron chi connectivity index (χ2n) is 4.19. The lowest BCUT2D eigenvalue weighted by atomic mass is 10.1. The number of pyridine rings is 1. The Bertz CT molecular complexity index is 264. The highest BCUT2D eigenvalue weighted by Crippen LogP contribution is 2.29. The van der Waals surface area contributed by atoms with Crippen LogP contribution in [-0.2, 0) is 0 Å². The van der Waals surface area contributed by atoms with Crippen molar-refractivity contribution in [3.8, 4) is 0 Å². The molecule has 0 aromatic carbocycles. The molecule has 0 aliphatic carbocycles. The summed E-state index contributed by atoms with van der Waals surface area (Å²) < 4.78 is 0. The lowest BCUT2D eigenvalue weighted by Gasteiger charge is -2.01. The molecule has 0 N–H and O–H groups in total. The van der Waals surface area contributed by atoms with Crippen LogP contribution < -0.4 is 0 Å².